The summed E-state index contributed by atoms with van der Waals surface area (Å²) in [5, 5.41) is 0. The first-order chi connectivity index (χ1) is 23.5. The predicted octanol–water partition coefficient (Wildman–Crippen LogP) is 7.05. The highest BCUT2D eigenvalue weighted by atomic mass is 16.6. The summed E-state index contributed by atoms with van der Waals surface area (Å²) < 4.78 is 29.7. The Balaban J connectivity index is 1.20. The summed E-state index contributed by atoms with van der Waals surface area (Å²) in [5.41, 5.74) is 11.4. The van der Waals surface area contributed by atoms with Crippen molar-refractivity contribution in [3.8, 4) is 11.5 Å². The maximum absolute atomic E-state index is 13.1. The van der Waals surface area contributed by atoms with Crippen molar-refractivity contribution >= 4 is 11.8 Å². The number of fused-ring (bicyclic) bond motifs is 1. The number of carbonyl (C=O) groups excluding carboxylic acids is 1. The van der Waals surface area contributed by atoms with E-state index in [0.29, 0.717) is 46.1 Å². The Morgan fingerprint density at radius 2 is 1.78 bits per heavy atom. The van der Waals surface area contributed by atoms with E-state index < -0.39 is 5.60 Å². The molecule has 49 heavy (non-hydrogen) atoms. The van der Waals surface area contributed by atoms with Gasteiger partial charge in [-0.15, -0.1) is 0 Å². The van der Waals surface area contributed by atoms with E-state index in [9.17, 15) is 4.79 Å². The highest BCUT2D eigenvalue weighted by Crippen LogP contribution is 2.41. The number of nitrogens with two attached hydrogens (primary N) is 1. The number of benzene rings is 3. The van der Waals surface area contributed by atoms with E-state index in [1.165, 1.54) is 16.8 Å². The third kappa shape index (κ3) is 9.68. The molecule has 2 atom stereocenters. The van der Waals surface area contributed by atoms with Gasteiger partial charge in [-0.1, -0.05) is 56.3 Å². The summed E-state index contributed by atoms with van der Waals surface area (Å²) >= 11 is 0. The monoisotopic (exact) mass is 673 g/mol. The summed E-state index contributed by atoms with van der Waals surface area (Å²) in [6, 6.07) is 22.8. The molecule has 3 aromatic rings. The minimum Gasteiger partial charge on any atom is -0.496 e. The molecule has 1 fully saturated rings. The molecular formula is C40H55N3O6. The summed E-state index contributed by atoms with van der Waals surface area (Å²) in [5.74, 6) is 1.78. The Morgan fingerprint density at radius 1 is 1.00 bits per heavy atom. The number of piperidine rings is 1. The normalized spacial score (nSPS) is 18.7. The number of rotatable bonds is 14. The number of methoxy groups -OCH3 is 1. The molecule has 0 aromatic heterocycles. The fourth-order valence-corrected chi connectivity index (χ4v) is 6.83. The van der Waals surface area contributed by atoms with Crippen LogP contribution >= 0.6 is 0 Å². The van der Waals surface area contributed by atoms with E-state index in [4.69, 9.17) is 29.4 Å². The van der Waals surface area contributed by atoms with Crippen LogP contribution in [0.1, 0.15) is 75.6 Å². The largest absolute Gasteiger partial charge is 0.496 e. The lowest BCUT2D eigenvalue weighted by Crippen LogP contribution is -2.48. The van der Waals surface area contributed by atoms with Crippen LogP contribution in [0.4, 0.5) is 10.5 Å². The molecule has 0 aliphatic carbocycles. The molecule has 0 saturated carbocycles. The fourth-order valence-electron chi connectivity index (χ4n) is 6.83. The standard InChI is InChI=1S/C40H55N3O6/c1-39(2,3)49-38(44)42-20-18-33(37(25-42)48-26-29-12-17-34-35(24-29)43(21-19-41)28-40(34,4)5)30-13-15-32(16-14-30)47-23-9-22-46-27-31-10-7-8-11-36(31)45-6/h7-8,10-17,24,33,37H,9,18-23,25-28,41H2,1-6H3. The zero-order chi connectivity index (χ0) is 35.0. The minimum absolute atomic E-state index is 0.0763. The van der Waals surface area contributed by atoms with Crippen molar-refractivity contribution in [3.05, 3.63) is 89.0 Å². The Labute approximate surface area is 292 Å². The number of likely N-dealkylation sites (tertiary alicyclic amines) is 1. The van der Waals surface area contributed by atoms with Gasteiger partial charge in [0.25, 0.3) is 0 Å². The summed E-state index contributed by atoms with van der Waals surface area (Å²) in [6.45, 7) is 15.8. The molecule has 3 aromatic carbocycles. The van der Waals surface area contributed by atoms with Crippen LogP contribution in [0.25, 0.3) is 0 Å². The van der Waals surface area contributed by atoms with Gasteiger partial charge in [0.1, 0.15) is 17.1 Å². The first kappa shape index (κ1) is 36.5. The number of hydrogen-bond acceptors (Lipinski definition) is 8. The molecule has 2 aliphatic rings. The van der Waals surface area contributed by atoms with Crippen LogP contribution in [-0.4, -0.2) is 75.7 Å². The zero-order valence-corrected chi connectivity index (χ0v) is 30.2. The van der Waals surface area contributed by atoms with Crippen LogP contribution in [0.3, 0.4) is 0 Å². The van der Waals surface area contributed by atoms with Gasteiger partial charge in [0.2, 0.25) is 0 Å². The third-order valence-electron chi connectivity index (χ3n) is 9.25. The van der Waals surface area contributed by atoms with Crippen molar-refractivity contribution in [2.45, 2.75) is 83.7 Å². The molecule has 9 heteroatoms. The van der Waals surface area contributed by atoms with Crippen molar-refractivity contribution in [1.29, 1.82) is 0 Å². The van der Waals surface area contributed by atoms with Crippen LogP contribution in [0, 0.1) is 0 Å². The van der Waals surface area contributed by atoms with Crippen molar-refractivity contribution in [1.82, 2.24) is 4.90 Å². The number of anilines is 1. The second-order valence-electron chi connectivity index (χ2n) is 14.8. The Kier molecular flexibility index (Phi) is 12.1. The molecule has 9 nitrogen and oxygen atoms in total. The van der Waals surface area contributed by atoms with Gasteiger partial charge in [0, 0.05) is 55.2 Å². The number of para-hydroxylation sites is 1. The van der Waals surface area contributed by atoms with E-state index in [1.807, 2.05) is 57.2 Å². The van der Waals surface area contributed by atoms with Crippen molar-refractivity contribution in [3.63, 3.8) is 0 Å². The van der Waals surface area contributed by atoms with Crippen molar-refractivity contribution in [2.75, 3.05) is 57.9 Å². The van der Waals surface area contributed by atoms with Crippen LogP contribution in [0.5, 0.6) is 11.5 Å². The van der Waals surface area contributed by atoms with Crippen LogP contribution < -0.4 is 20.1 Å². The van der Waals surface area contributed by atoms with Gasteiger partial charge in [-0.3, -0.25) is 0 Å². The van der Waals surface area contributed by atoms with E-state index in [0.717, 1.165) is 48.6 Å². The van der Waals surface area contributed by atoms with Gasteiger partial charge in [0.05, 0.1) is 46.2 Å². The van der Waals surface area contributed by atoms with Gasteiger partial charge in [-0.05, 0) is 68.1 Å². The maximum atomic E-state index is 13.1. The molecular weight excluding hydrogens is 618 g/mol. The van der Waals surface area contributed by atoms with Gasteiger partial charge < -0.3 is 39.2 Å². The lowest BCUT2D eigenvalue weighted by Gasteiger charge is -2.39. The average Bonchev–Trinajstić information content (AvgIpc) is 3.33. The Bertz CT molecular complexity index is 1520. The molecule has 2 heterocycles. The number of hydrogen-bond donors (Lipinski definition) is 1. The SMILES string of the molecule is COc1ccccc1COCCCOc1ccc(C2CCN(C(=O)OC(C)(C)C)CC2OCc2ccc3c(c2)N(CCN)CC3(C)C)cc1. The first-order valence-electron chi connectivity index (χ1n) is 17.6. The smallest absolute Gasteiger partial charge is 0.410 e. The number of carbonyl (C=O) groups is 1. The Morgan fingerprint density at radius 3 is 2.51 bits per heavy atom. The van der Waals surface area contributed by atoms with Crippen molar-refractivity contribution in [2.24, 2.45) is 5.73 Å². The number of nitrogens with zero attached hydrogens (tertiary/aromatic N) is 2. The van der Waals surface area contributed by atoms with Crippen LogP contribution in [-0.2, 0) is 32.8 Å². The molecule has 2 aliphatic heterocycles. The summed E-state index contributed by atoms with van der Waals surface area (Å²) in [7, 11) is 1.67. The molecule has 266 valence electrons. The van der Waals surface area contributed by atoms with E-state index >= 15 is 0 Å². The number of amides is 1. The maximum Gasteiger partial charge on any atom is 0.410 e. The molecule has 0 bridgehead atoms. The molecule has 0 spiro atoms. The molecule has 0 radical (unpaired) electrons. The highest BCUT2D eigenvalue weighted by molar-refractivity contribution is 5.68. The fraction of sp³-hybridized carbons (Fsp3) is 0.525. The third-order valence-corrected chi connectivity index (χ3v) is 9.25. The second kappa shape index (κ2) is 16.3. The minimum atomic E-state index is -0.560. The molecule has 1 saturated heterocycles. The molecule has 5 rings (SSSR count). The lowest BCUT2D eigenvalue weighted by atomic mass is 9.86. The molecule has 2 unspecified atom stereocenters. The van der Waals surface area contributed by atoms with Crippen molar-refractivity contribution < 1.29 is 28.5 Å². The first-order valence-corrected chi connectivity index (χ1v) is 17.6. The van der Waals surface area contributed by atoms with Gasteiger partial charge in [0.15, 0.2) is 0 Å². The average molecular weight is 674 g/mol. The predicted molar refractivity (Wildman–Crippen MR) is 194 cm³/mol. The summed E-state index contributed by atoms with van der Waals surface area (Å²) in [6.07, 6.45) is 1.06. The number of ether oxygens (including phenoxy) is 5. The molecule has 2 N–H and O–H groups in total. The lowest BCUT2D eigenvalue weighted by molar-refractivity contribution is -0.0359. The zero-order valence-electron chi connectivity index (χ0n) is 30.2. The second-order valence-corrected chi connectivity index (χ2v) is 14.8. The van der Waals surface area contributed by atoms with Gasteiger partial charge >= 0.3 is 6.09 Å². The van der Waals surface area contributed by atoms with Crippen LogP contribution in [0.15, 0.2) is 66.7 Å². The van der Waals surface area contributed by atoms with E-state index in [2.05, 4.69) is 49.1 Å². The Hall–Kier alpha value is -3.79. The van der Waals surface area contributed by atoms with Gasteiger partial charge in [-0.2, -0.15) is 0 Å². The quantitative estimate of drug-likeness (QED) is 0.182. The van der Waals surface area contributed by atoms with E-state index in [-0.39, 0.29) is 23.5 Å². The van der Waals surface area contributed by atoms with Crippen LogP contribution in [0.2, 0.25) is 0 Å². The van der Waals surface area contributed by atoms with E-state index in [1.54, 1.807) is 12.0 Å². The highest BCUT2D eigenvalue weighted by Gasteiger charge is 2.37. The topological polar surface area (TPSA) is 95.7 Å². The molecule has 1 amide bonds. The summed E-state index contributed by atoms with van der Waals surface area (Å²) in [4.78, 5) is 17.2. The van der Waals surface area contributed by atoms with Gasteiger partial charge in [-0.25, -0.2) is 4.79 Å².